The zero-order valence-electron chi connectivity index (χ0n) is 19.0. The highest BCUT2D eigenvalue weighted by molar-refractivity contribution is 6.30. The molecule has 2 heterocycles. The lowest BCUT2D eigenvalue weighted by atomic mass is 10.0. The number of nitrogens with zero attached hydrogens (tertiary/aromatic N) is 2. The lowest BCUT2D eigenvalue weighted by Gasteiger charge is -2.41. The minimum absolute atomic E-state index is 0.199. The summed E-state index contributed by atoms with van der Waals surface area (Å²) in [6.45, 7) is -0.0108. The van der Waals surface area contributed by atoms with Gasteiger partial charge in [-0.05, 0) is 47.9 Å². The number of aromatic nitrogens is 1. The molecule has 4 rings (SSSR count). The number of ether oxygens (including phenoxy) is 1. The molecule has 2 unspecified atom stereocenters. The van der Waals surface area contributed by atoms with Crippen molar-refractivity contribution in [2.75, 3.05) is 20.2 Å². The van der Waals surface area contributed by atoms with Crippen LogP contribution in [0.15, 0.2) is 48.7 Å². The Kier molecular flexibility index (Phi) is 7.52. The summed E-state index contributed by atoms with van der Waals surface area (Å²) in [5.41, 5.74) is 1.91. The second kappa shape index (κ2) is 10.6. The molecule has 8 nitrogen and oxygen atoms in total. The van der Waals surface area contributed by atoms with Gasteiger partial charge in [-0.1, -0.05) is 35.3 Å². The van der Waals surface area contributed by atoms with Crippen LogP contribution in [0.3, 0.4) is 0 Å². The van der Waals surface area contributed by atoms with Gasteiger partial charge in [0.25, 0.3) is 0 Å². The molecule has 35 heavy (non-hydrogen) atoms. The number of aromatic amines is 1. The number of halogens is 2. The van der Waals surface area contributed by atoms with E-state index in [-0.39, 0.29) is 19.0 Å². The van der Waals surface area contributed by atoms with E-state index < -0.39 is 29.8 Å². The van der Waals surface area contributed by atoms with Gasteiger partial charge in [0.1, 0.15) is 23.8 Å². The molecule has 0 spiro atoms. The van der Waals surface area contributed by atoms with Crippen LogP contribution in [-0.2, 0) is 27.2 Å². The average Bonchev–Trinajstić information content (AvgIpc) is 3.24. The van der Waals surface area contributed by atoms with Crippen LogP contribution >= 0.6 is 23.2 Å². The molecule has 10 heteroatoms. The molecule has 2 atom stereocenters. The van der Waals surface area contributed by atoms with E-state index in [2.05, 4.69) is 4.98 Å². The molecule has 1 saturated heterocycles. The molecule has 184 valence electrons. The number of H-pyrrole nitrogens is 1. The maximum atomic E-state index is 13.3. The number of amides is 2. The lowest BCUT2D eigenvalue weighted by molar-refractivity contribution is -0.159. The summed E-state index contributed by atoms with van der Waals surface area (Å²) < 4.78 is 5.30. The predicted octanol–water partition coefficient (Wildman–Crippen LogP) is 3.69. The summed E-state index contributed by atoms with van der Waals surface area (Å²) in [5, 5.41) is 11.0. The van der Waals surface area contributed by atoms with Crippen LogP contribution in [0, 0.1) is 0 Å². The number of nitrogens with one attached hydrogen (secondary N) is 1. The standard InChI is InChI=1S/C25H25Cl2N3O5/c1-35-18-6-7-20-19(11-18)16(13-28-20)8-9-29-21(12-24(32)33)25(34)30(14-23(29)31)22(27)10-15-2-4-17(26)5-3-15/h2-7,11,13,21-22,28H,8-10,12,14H2,1H3,(H,32,33). The first-order chi connectivity index (χ1) is 16.8. The Balaban J connectivity index is 1.51. The SMILES string of the molecule is COc1ccc2[nH]cc(CCN3C(=O)CN(C(Cl)Cc4ccc(Cl)cc4)C(=O)C3CC(=O)O)c2c1. The zero-order chi connectivity index (χ0) is 25.1. The van der Waals surface area contributed by atoms with Gasteiger partial charge in [0, 0.05) is 35.1 Å². The fourth-order valence-corrected chi connectivity index (χ4v) is 4.82. The number of rotatable bonds is 9. The number of hydrogen-bond acceptors (Lipinski definition) is 4. The molecule has 2 N–H and O–H groups in total. The first-order valence-electron chi connectivity index (χ1n) is 11.1. The number of benzene rings is 2. The molecule has 0 bridgehead atoms. The molecule has 1 fully saturated rings. The fourth-order valence-electron chi connectivity index (χ4n) is 4.35. The first kappa shape index (κ1) is 24.9. The third-order valence-electron chi connectivity index (χ3n) is 6.19. The van der Waals surface area contributed by atoms with Crippen LogP contribution in [-0.4, -0.2) is 69.4 Å². The van der Waals surface area contributed by atoms with Crippen LogP contribution < -0.4 is 4.74 Å². The van der Waals surface area contributed by atoms with Crippen LogP contribution in [0.5, 0.6) is 5.75 Å². The summed E-state index contributed by atoms with van der Waals surface area (Å²) in [5.74, 6) is -1.27. The van der Waals surface area contributed by atoms with Gasteiger partial charge in [-0.15, -0.1) is 0 Å². The molecule has 2 aromatic carbocycles. The zero-order valence-corrected chi connectivity index (χ0v) is 20.6. The number of hydrogen-bond donors (Lipinski definition) is 2. The minimum Gasteiger partial charge on any atom is -0.497 e. The van der Waals surface area contributed by atoms with Crippen molar-refractivity contribution in [2.45, 2.75) is 30.8 Å². The summed E-state index contributed by atoms with van der Waals surface area (Å²) in [4.78, 5) is 43.8. The van der Waals surface area contributed by atoms with Crippen molar-refractivity contribution in [3.05, 3.63) is 64.8 Å². The third-order valence-corrected chi connectivity index (χ3v) is 6.83. The van der Waals surface area contributed by atoms with Crippen LogP contribution in [0.2, 0.25) is 5.02 Å². The predicted molar refractivity (Wildman–Crippen MR) is 133 cm³/mol. The molecule has 1 aliphatic heterocycles. The number of aliphatic carboxylic acids is 1. The smallest absolute Gasteiger partial charge is 0.305 e. The van der Waals surface area contributed by atoms with Gasteiger partial charge in [0.15, 0.2) is 0 Å². The molecule has 3 aromatic rings. The minimum atomic E-state index is -1.16. The number of alkyl halides is 1. The monoisotopic (exact) mass is 517 g/mol. The van der Waals surface area contributed by atoms with Gasteiger partial charge < -0.3 is 24.6 Å². The number of fused-ring (bicyclic) bond motifs is 1. The molecule has 0 radical (unpaired) electrons. The van der Waals surface area contributed by atoms with Crippen molar-refractivity contribution in [3.63, 3.8) is 0 Å². The van der Waals surface area contributed by atoms with Crippen molar-refractivity contribution >= 4 is 51.9 Å². The van der Waals surface area contributed by atoms with Gasteiger partial charge >= 0.3 is 5.97 Å². The Hall–Kier alpha value is -3.23. The Morgan fingerprint density at radius 3 is 2.66 bits per heavy atom. The molecule has 0 saturated carbocycles. The van der Waals surface area contributed by atoms with E-state index in [1.807, 2.05) is 24.4 Å². The molecule has 2 amide bonds. The Morgan fingerprint density at radius 2 is 1.97 bits per heavy atom. The molecular weight excluding hydrogens is 493 g/mol. The van der Waals surface area contributed by atoms with Crippen LogP contribution in [0.25, 0.3) is 10.9 Å². The highest BCUT2D eigenvalue weighted by atomic mass is 35.5. The van der Waals surface area contributed by atoms with E-state index in [1.54, 1.807) is 31.4 Å². The van der Waals surface area contributed by atoms with E-state index in [0.29, 0.717) is 23.6 Å². The van der Waals surface area contributed by atoms with E-state index in [1.165, 1.54) is 9.80 Å². The molecular formula is C25H25Cl2N3O5. The normalized spacial score (nSPS) is 17.2. The second-order valence-electron chi connectivity index (χ2n) is 8.41. The summed E-state index contributed by atoms with van der Waals surface area (Å²) in [6.07, 6.45) is 2.10. The molecule has 1 aliphatic rings. The number of carbonyl (C=O) groups excluding carboxylic acids is 2. The quantitative estimate of drug-likeness (QED) is 0.332. The summed E-state index contributed by atoms with van der Waals surface area (Å²) in [7, 11) is 1.59. The van der Waals surface area contributed by atoms with Gasteiger partial charge in [-0.2, -0.15) is 0 Å². The van der Waals surface area contributed by atoms with Crippen LogP contribution in [0.1, 0.15) is 17.5 Å². The number of carboxylic acid groups (broad SMARTS) is 1. The van der Waals surface area contributed by atoms with Crippen molar-refractivity contribution in [3.8, 4) is 5.75 Å². The highest BCUT2D eigenvalue weighted by Crippen LogP contribution is 2.26. The van der Waals surface area contributed by atoms with Crippen molar-refractivity contribution in [1.82, 2.24) is 14.8 Å². The largest absolute Gasteiger partial charge is 0.497 e. The summed E-state index contributed by atoms with van der Waals surface area (Å²) in [6, 6.07) is 11.6. The Bertz CT molecular complexity index is 1240. The fraction of sp³-hybridized carbons (Fsp3) is 0.320. The number of piperazine rings is 1. The number of carboxylic acids is 1. The van der Waals surface area contributed by atoms with E-state index >= 15 is 0 Å². The lowest BCUT2D eigenvalue weighted by Crippen LogP contribution is -2.62. The average molecular weight is 518 g/mol. The van der Waals surface area contributed by atoms with Gasteiger partial charge in [0.2, 0.25) is 11.8 Å². The highest BCUT2D eigenvalue weighted by Gasteiger charge is 2.42. The maximum absolute atomic E-state index is 13.3. The molecule has 1 aromatic heterocycles. The second-order valence-corrected chi connectivity index (χ2v) is 9.35. The topological polar surface area (TPSA) is 103 Å². The number of carbonyl (C=O) groups is 3. The van der Waals surface area contributed by atoms with Gasteiger partial charge in [-0.3, -0.25) is 14.4 Å². The number of methoxy groups -OCH3 is 1. The van der Waals surface area contributed by atoms with Crippen molar-refractivity contribution < 1.29 is 24.2 Å². The van der Waals surface area contributed by atoms with Crippen molar-refractivity contribution in [2.24, 2.45) is 0 Å². The van der Waals surface area contributed by atoms with E-state index in [0.717, 1.165) is 22.0 Å². The first-order valence-corrected chi connectivity index (χ1v) is 11.9. The maximum Gasteiger partial charge on any atom is 0.305 e. The van der Waals surface area contributed by atoms with Gasteiger partial charge in [-0.25, -0.2) is 0 Å². The van der Waals surface area contributed by atoms with E-state index in [9.17, 15) is 19.5 Å². The van der Waals surface area contributed by atoms with Gasteiger partial charge in [0.05, 0.1) is 13.5 Å². The van der Waals surface area contributed by atoms with E-state index in [4.69, 9.17) is 27.9 Å². The molecule has 0 aliphatic carbocycles. The summed E-state index contributed by atoms with van der Waals surface area (Å²) >= 11 is 12.5. The van der Waals surface area contributed by atoms with Crippen molar-refractivity contribution in [1.29, 1.82) is 0 Å². The van der Waals surface area contributed by atoms with Crippen LogP contribution in [0.4, 0.5) is 0 Å². The Labute approximate surface area is 212 Å². The third kappa shape index (κ3) is 5.55. The Morgan fingerprint density at radius 1 is 1.23 bits per heavy atom.